The van der Waals surface area contributed by atoms with Crippen LogP contribution in [0.15, 0.2) is 28.7 Å². The number of aryl methyl sites for hydroxylation is 1. The lowest BCUT2D eigenvalue weighted by molar-refractivity contribution is -0.130. The van der Waals surface area contributed by atoms with Crippen LogP contribution >= 0.6 is 15.9 Å². The van der Waals surface area contributed by atoms with Gasteiger partial charge >= 0.3 is 0 Å². The van der Waals surface area contributed by atoms with Gasteiger partial charge in [0, 0.05) is 9.89 Å². The highest BCUT2D eigenvalue weighted by Crippen LogP contribution is 2.39. The van der Waals surface area contributed by atoms with Crippen molar-refractivity contribution in [3.8, 4) is 0 Å². The predicted molar refractivity (Wildman–Crippen MR) is 77.2 cm³/mol. The Morgan fingerprint density at radius 3 is 2.33 bits per heavy atom. The van der Waals surface area contributed by atoms with Crippen LogP contribution in [0.25, 0.3) is 0 Å². The van der Waals surface area contributed by atoms with Gasteiger partial charge in [0.2, 0.25) is 5.91 Å². The summed E-state index contributed by atoms with van der Waals surface area (Å²) in [5.74, 6) is -0.0979. The molecule has 0 aliphatic heterocycles. The molecule has 1 aromatic carbocycles. The van der Waals surface area contributed by atoms with Crippen molar-refractivity contribution in [1.29, 1.82) is 0 Å². The molecule has 0 aromatic heterocycles. The number of carbonyl (C=O) groups is 1. The van der Waals surface area contributed by atoms with Gasteiger partial charge in [-0.2, -0.15) is 0 Å². The summed E-state index contributed by atoms with van der Waals surface area (Å²) in [5, 5.41) is 0. The average Bonchev–Trinajstić information content (AvgIpc) is 2.39. The Hall–Kier alpha value is -0.830. The first-order chi connectivity index (χ1) is 8.62. The Morgan fingerprint density at radius 1 is 1.17 bits per heavy atom. The molecule has 0 atom stereocenters. The zero-order chi connectivity index (χ0) is 13.0. The first kappa shape index (κ1) is 13.6. The maximum Gasteiger partial charge on any atom is 0.223 e. The van der Waals surface area contributed by atoms with E-state index in [1.807, 2.05) is 12.1 Å². The van der Waals surface area contributed by atoms with Crippen molar-refractivity contribution >= 4 is 21.8 Å². The van der Waals surface area contributed by atoms with E-state index in [9.17, 15) is 4.79 Å². The SMILES string of the molecule is NC(=O)C1(CCc2ccc(Br)cc2)CCCCC1. The van der Waals surface area contributed by atoms with Crippen molar-refractivity contribution in [2.75, 3.05) is 0 Å². The minimum Gasteiger partial charge on any atom is -0.369 e. The topological polar surface area (TPSA) is 43.1 Å². The fourth-order valence-electron chi connectivity index (χ4n) is 2.88. The van der Waals surface area contributed by atoms with Crippen LogP contribution in [0.3, 0.4) is 0 Å². The van der Waals surface area contributed by atoms with Gasteiger partial charge in [-0.05, 0) is 43.4 Å². The van der Waals surface area contributed by atoms with Gasteiger partial charge in [-0.25, -0.2) is 0 Å². The van der Waals surface area contributed by atoms with Crippen LogP contribution in [0.2, 0.25) is 0 Å². The number of amides is 1. The number of benzene rings is 1. The summed E-state index contributed by atoms with van der Waals surface area (Å²) in [4.78, 5) is 11.8. The average molecular weight is 310 g/mol. The summed E-state index contributed by atoms with van der Waals surface area (Å²) in [6.45, 7) is 0. The summed E-state index contributed by atoms with van der Waals surface area (Å²) in [6.07, 6.45) is 7.30. The number of primary amides is 1. The van der Waals surface area contributed by atoms with Crippen LogP contribution in [-0.2, 0) is 11.2 Å². The summed E-state index contributed by atoms with van der Waals surface area (Å²) < 4.78 is 1.09. The molecule has 2 rings (SSSR count). The van der Waals surface area contributed by atoms with Crippen molar-refractivity contribution in [3.05, 3.63) is 34.3 Å². The molecule has 98 valence electrons. The van der Waals surface area contributed by atoms with Crippen LogP contribution in [0.4, 0.5) is 0 Å². The van der Waals surface area contributed by atoms with Crippen molar-refractivity contribution in [2.45, 2.75) is 44.9 Å². The molecule has 0 bridgehead atoms. The Labute approximate surface area is 117 Å². The second-order valence-corrected chi connectivity index (χ2v) is 6.25. The second-order valence-electron chi connectivity index (χ2n) is 5.33. The van der Waals surface area contributed by atoms with Gasteiger partial charge in [0.1, 0.15) is 0 Å². The lowest BCUT2D eigenvalue weighted by Crippen LogP contribution is -2.39. The van der Waals surface area contributed by atoms with Crippen LogP contribution in [0.5, 0.6) is 0 Å². The molecule has 0 saturated heterocycles. The number of halogens is 1. The Balaban J connectivity index is 2.01. The molecular formula is C15H20BrNO. The van der Waals surface area contributed by atoms with Crippen molar-refractivity contribution in [3.63, 3.8) is 0 Å². The molecule has 0 heterocycles. The summed E-state index contributed by atoms with van der Waals surface area (Å²) in [5.41, 5.74) is 6.68. The fourth-order valence-corrected chi connectivity index (χ4v) is 3.15. The molecular weight excluding hydrogens is 290 g/mol. The van der Waals surface area contributed by atoms with Crippen LogP contribution < -0.4 is 5.73 Å². The molecule has 0 radical (unpaired) electrons. The molecule has 0 spiro atoms. The largest absolute Gasteiger partial charge is 0.369 e. The van der Waals surface area contributed by atoms with Crippen molar-refractivity contribution in [2.24, 2.45) is 11.1 Å². The van der Waals surface area contributed by atoms with E-state index in [0.717, 1.165) is 43.0 Å². The van der Waals surface area contributed by atoms with E-state index in [1.165, 1.54) is 12.0 Å². The number of carbonyl (C=O) groups excluding carboxylic acids is 1. The van der Waals surface area contributed by atoms with E-state index in [4.69, 9.17) is 5.73 Å². The molecule has 1 aliphatic carbocycles. The van der Waals surface area contributed by atoms with Crippen LogP contribution in [-0.4, -0.2) is 5.91 Å². The van der Waals surface area contributed by atoms with Gasteiger partial charge in [0.15, 0.2) is 0 Å². The molecule has 0 unspecified atom stereocenters. The van der Waals surface area contributed by atoms with Crippen LogP contribution in [0.1, 0.15) is 44.1 Å². The van der Waals surface area contributed by atoms with E-state index < -0.39 is 0 Å². The maximum atomic E-state index is 11.8. The Bertz CT molecular complexity index is 407. The monoisotopic (exact) mass is 309 g/mol. The fraction of sp³-hybridized carbons (Fsp3) is 0.533. The van der Waals surface area contributed by atoms with E-state index in [1.54, 1.807) is 0 Å². The van der Waals surface area contributed by atoms with E-state index in [2.05, 4.69) is 28.1 Å². The highest BCUT2D eigenvalue weighted by Gasteiger charge is 2.37. The maximum absolute atomic E-state index is 11.8. The van der Waals surface area contributed by atoms with E-state index in [-0.39, 0.29) is 11.3 Å². The molecule has 2 nitrogen and oxygen atoms in total. The molecule has 1 amide bonds. The molecule has 18 heavy (non-hydrogen) atoms. The normalized spacial score (nSPS) is 18.5. The van der Waals surface area contributed by atoms with Crippen molar-refractivity contribution < 1.29 is 4.79 Å². The van der Waals surface area contributed by atoms with Gasteiger partial charge in [-0.3, -0.25) is 4.79 Å². The van der Waals surface area contributed by atoms with Gasteiger partial charge in [0.25, 0.3) is 0 Å². The third-order valence-corrected chi connectivity index (χ3v) is 4.67. The van der Waals surface area contributed by atoms with E-state index >= 15 is 0 Å². The smallest absolute Gasteiger partial charge is 0.223 e. The first-order valence-corrected chi connectivity index (χ1v) is 7.46. The molecule has 1 saturated carbocycles. The highest BCUT2D eigenvalue weighted by molar-refractivity contribution is 9.10. The lowest BCUT2D eigenvalue weighted by Gasteiger charge is -2.34. The Kier molecular flexibility index (Phi) is 4.44. The quantitative estimate of drug-likeness (QED) is 0.902. The number of hydrogen-bond acceptors (Lipinski definition) is 1. The number of hydrogen-bond donors (Lipinski definition) is 1. The summed E-state index contributed by atoms with van der Waals surface area (Å²) >= 11 is 3.43. The standard InChI is InChI=1S/C15H20BrNO/c16-13-6-4-12(5-7-13)8-11-15(14(17)18)9-2-1-3-10-15/h4-7H,1-3,8-11H2,(H2,17,18). The third kappa shape index (κ3) is 3.14. The number of rotatable bonds is 4. The highest BCUT2D eigenvalue weighted by atomic mass is 79.9. The number of nitrogens with two attached hydrogens (primary N) is 1. The molecule has 1 fully saturated rings. The molecule has 1 aliphatic rings. The third-order valence-electron chi connectivity index (χ3n) is 4.14. The summed E-state index contributed by atoms with van der Waals surface area (Å²) in [6, 6.07) is 8.32. The zero-order valence-electron chi connectivity index (χ0n) is 10.6. The molecule has 3 heteroatoms. The molecule has 2 N–H and O–H groups in total. The van der Waals surface area contributed by atoms with Gasteiger partial charge in [0.05, 0.1) is 0 Å². The Morgan fingerprint density at radius 2 is 1.78 bits per heavy atom. The summed E-state index contributed by atoms with van der Waals surface area (Å²) in [7, 11) is 0. The van der Waals surface area contributed by atoms with Crippen LogP contribution in [0, 0.1) is 5.41 Å². The predicted octanol–water partition coefficient (Wildman–Crippen LogP) is 3.82. The molecule has 1 aromatic rings. The lowest BCUT2D eigenvalue weighted by atomic mass is 9.70. The van der Waals surface area contributed by atoms with Gasteiger partial charge < -0.3 is 5.73 Å². The minimum absolute atomic E-state index is 0.0979. The van der Waals surface area contributed by atoms with E-state index in [0.29, 0.717) is 0 Å². The van der Waals surface area contributed by atoms with Crippen molar-refractivity contribution in [1.82, 2.24) is 0 Å². The first-order valence-electron chi connectivity index (χ1n) is 6.67. The zero-order valence-corrected chi connectivity index (χ0v) is 12.2. The second kappa shape index (κ2) is 5.87. The minimum atomic E-state index is -0.245. The van der Waals surface area contributed by atoms with Gasteiger partial charge in [-0.15, -0.1) is 0 Å². The van der Waals surface area contributed by atoms with Gasteiger partial charge in [-0.1, -0.05) is 47.3 Å².